The molecule has 7 nitrogen and oxygen atoms in total. The average molecular weight is 646 g/mol. The molecule has 4 aromatic carbocycles. The lowest BCUT2D eigenvalue weighted by Gasteiger charge is -2.34. The van der Waals surface area contributed by atoms with Crippen LogP contribution in [0.25, 0.3) is 0 Å². The molecule has 0 radical (unpaired) electrons. The molecule has 0 bridgehead atoms. The van der Waals surface area contributed by atoms with Gasteiger partial charge >= 0.3 is 0 Å². The molecule has 4 aromatic rings. The molecule has 0 fully saturated rings. The first-order valence-corrected chi connectivity index (χ1v) is 16.7. The Morgan fingerprint density at radius 1 is 0.800 bits per heavy atom. The normalized spacial score (nSPS) is 12.1. The van der Waals surface area contributed by atoms with E-state index in [0.717, 1.165) is 26.6 Å². The van der Waals surface area contributed by atoms with Gasteiger partial charge in [0, 0.05) is 24.0 Å². The zero-order valence-corrected chi connectivity index (χ0v) is 27.9. The van der Waals surface area contributed by atoms with Crippen LogP contribution in [0.3, 0.4) is 0 Å². The van der Waals surface area contributed by atoms with Crippen LogP contribution in [0.2, 0.25) is 5.02 Å². The third-order valence-corrected chi connectivity index (χ3v) is 9.50. The minimum atomic E-state index is -4.19. The SMILES string of the molecule is Cc1ccc(CN(C(=O)CN(c2ccc(Cl)cc2C)S(=O)(=O)c2ccc(C)cc2)C(Cc2ccccc2)C(=O)NC(C)C)cc1. The summed E-state index contributed by atoms with van der Waals surface area (Å²) in [7, 11) is -4.19. The van der Waals surface area contributed by atoms with Gasteiger partial charge in [-0.25, -0.2) is 8.42 Å². The number of nitrogens with one attached hydrogen (secondary N) is 1. The first-order chi connectivity index (χ1) is 21.3. The van der Waals surface area contributed by atoms with Crippen LogP contribution in [0.15, 0.2) is 102 Å². The molecule has 2 amide bonds. The Balaban J connectivity index is 1.82. The molecule has 1 atom stereocenters. The molecule has 0 aromatic heterocycles. The predicted molar refractivity (Wildman–Crippen MR) is 181 cm³/mol. The number of hydrogen-bond donors (Lipinski definition) is 1. The lowest BCUT2D eigenvalue weighted by atomic mass is 10.0. The van der Waals surface area contributed by atoms with Gasteiger partial charge in [0.25, 0.3) is 10.0 Å². The van der Waals surface area contributed by atoms with Crippen molar-refractivity contribution < 1.29 is 18.0 Å². The second-order valence-corrected chi connectivity index (χ2v) is 13.9. The Morgan fingerprint density at radius 2 is 1.40 bits per heavy atom. The highest BCUT2D eigenvalue weighted by molar-refractivity contribution is 7.92. The standard InChI is InChI=1S/C36H40ClN3O4S/c1-25(2)38-36(42)34(22-29-9-7-6-8-10-29)39(23-30-15-11-26(3)12-16-30)35(41)24-40(33-20-17-31(37)21-28(33)5)45(43,44)32-18-13-27(4)14-19-32/h6-21,25,34H,22-24H2,1-5H3,(H,38,42). The van der Waals surface area contributed by atoms with Gasteiger partial charge in [0.1, 0.15) is 12.6 Å². The molecule has 0 heterocycles. The van der Waals surface area contributed by atoms with Crippen molar-refractivity contribution in [3.63, 3.8) is 0 Å². The molecule has 236 valence electrons. The molecular weight excluding hydrogens is 606 g/mol. The minimum absolute atomic E-state index is 0.0544. The number of rotatable bonds is 12. The van der Waals surface area contributed by atoms with E-state index in [9.17, 15) is 18.0 Å². The summed E-state index contributed by atoms with van der Waals surface area (Å²) in [6, 6.07) is 27.5. The number of carbonyl (C=O) groups excluding carboxylic acids is 2. The third-order valence-electron chi connectivity index (χ3n) is 7.49. The van der Waals surface area contributed by atoms with E-state index in [0.29, 0.717) is 16.3 Å². The zero-order chi connectivity index (χ0) is 32.7. The Labute approximate surface area is 271 Å². The van der Waals surface area contributed by atoms with Gasteiger partial charge in [-0.15, -0.1) is 0 Å². The van der Waals surface area contributed by atoms with Crippen molar-refractivity contribution in [1.82, 2.24) is 10.2 Å². The number of benzene rings is 4. The van der Waals surface area contributed by atoms with Crippen LogP contribution in [-0.2, 0) is 32.6 Å². The summed E-state index contributed by atoms with van der Waals surface area (Å²) in [6.07, 6.45) is 0.252. The second kappa shape index (κ2) is 14.8. The molecule has 0 aliphatic heterocycles. The molecular formula is C36H40ClN3O4S. The summed E-state index contributed by atoms with van der Waals surface area (Å²) >= 11 is 6.24. The fourth-order valence-corrected chi connectivity index (χ4v) is 6.78. The number of halogens is 1. The van der Waals surface area contributed by atoms with Crippen LogP contribution in [0, 0.1) is 20.8 Å². The molecule has 0 saturated heterocycles. The summed E-state index contributed by atoms with van der Waals surface area (Å²) < 4.78 is 29.6. The second-order valence-electron chi connectivity index (χ2n) is 11.6. The zero-order valence-electron chi connectivity index (χ0n) is 26.3. The number of hydrogen-bond acceptors (Lipinski definition) is 4. The predicted octanol–water partition coefficient (Wildman–Crippen LogP) is 6.63. The highest BCUT2D eigenvalue weighted by Crippen LogP contribution is 2.30. The van der Waals surface area contributed by atoms with Crippen molar-refractivity contribution in [2.24, 2.45) is 0 Å². The minimum Gasteiger partial charge on any atom is -0.352 e. The van der Waals surface area contributed by atoms with Crippen LogP contribution in [0.1, 0.15) is 41.7 Å². The van der Waals surface area contributed by atoms with Crippen LogP contribution < -0.4 is 9.62 Å². The first-order valence-electron chi connectivity index (χ1n) is 14.9. The summed E-state index contributed by atoms with van der Waals surface area (Å²) in [4.78, 5) is 29.9. The maximum atomic E-state index is 14.5. The molecule has 45 heavy (non-hydrogen) atoms. The number of nitrogens with zero attached hydrogens (tertiary/aromatic N) is 2. The Morgan fingerprint density at radius 3 is 1.98 bits per heavy atom. The van der Waals surface area contributed by atoms with Gasteiger partial charge in [0.05, 0.1) is 10.6 Å². The van der Waals surface area contributed by atoms with E-state index < -0.39 is 28.5 Å². The van der Waals surface area contributed by atoms with E-state index in [2.05, 4.69) is 5.32 Å². The maximum Gasteiger partial charge on any atom is 0.264 e. The molecule has 4 rings (SSSR count). The molecule has 0 spiro atoms. The smallest absolute Gasteiger partial charge is 0.264 e. The summed E-state index contributed by atoms with van der Waals surface area (Å²) in [5.74, 6) is -0.828. The van der Waals surface area contributed by atoms with Gasteiger partial charge in [-0.3, -0.25) is 13.9 Å². The van der Waals surface area contributed by atoms with E-state index >= 15 is 0 Å². The van der Waals surface area contributed by atoms with E-state index in [1.807, 2.05) is 82.3 Å². The number of aryl methyl sites for hydroxylation is 3. The summed E-state index contributed by atoms with van der Waals surface area (Å²) in [6.45, 7) is 8.92. The molecule has 0 aliphatic rings. The lowest BCUT2D eigenvalue weighted by Crippen LogP contribution is -2.54. The topological polar surface area (TPSA) is 86.8 Å². The fourth-order valence-electron chi connectivity index (χ4n) is 5.07. The first kappa shape index (κ1) is 33.7. The fraction of sp³-hybridized carbons (Fsp3) is 0.278. The van der Waals surface area contributed by atoms with E-state index in [1.54, 1.807) is 37.3 Å². The third kappa shape index (κ3) is 8.74. The number of sulfonamides is 1. The maximum absolute atomic E-state index is 14.5. The van der Waals surface area contributed by atoms with Gasteiger partial charge in [-0.2, -0.15) is 0 Å². The monoisotopic (exact) mass is 645 g/mol. The Bertz CT molecular complexity index is 1720. The van der Waals surface area contributed by atoms with Crippen molar-refractivity contribution >= 4 is 39.1 Å². The number of carbonyl (C=O) groups is 2. The molecule has 1 N–H and O–H groups in total. The van der Waals surface area contributed by atoms with Crippen molar-refractivity contribution in [3.05, 3.63) is 130 Å². The van der Waals surface area contributed by atoms with Gasteiger partial charge in [-0.05, 0) is 81.6 Å². The van der Waals surface area contributed by atoms with Crippen LogP contribution >= 0.6 is 11.6 Å². The summed E-state index contributed by atoms with van der Waals surface area (Å²) in [5, 5.41) is 3.42. The van der Waals surface area contributed by atoms with E-state index in [-0.39, 0.29) is 29.8 Å². The summed E-state index contributed by atoms with van der Waals surface area (Å²) in [5.41, 5.74) is 4.58. The van der Waals surface area contributed by atoms with Gasteiger partial charge in [0.2, 0.25) is 11.8 Å². The van der Waals surface area contributed by atoms with Crippen LogP contribution in [0.4, 0.5) is 5.69 Å². The van der Waals surface area contributed by atoms with Crippen LogP contribution in [-0.4, -0.2) is 43.8 Å². The van der Waals surface area contributed by atoms with Gasteiger partial charge in [0.15, 0.2) is 0 Å². The Hall–Kier alpha value is -4.14. The highest BCUT2D eigenvalue weighted by atomic mass is 35.5. The molecule has 9 heteroatoms. The van der Waals surface area contributed by atoms with Crippen molar-refractivity contribution in [2.75, 3.05) is 10.8 Å². The van der Waals surface area contributed by atoms with Crippen molar-refractivity contribution in [2.45, 2.75) is 64.6 Å². The van der Waals surface area contributed by atoms with E-state index in [4.69, 9.17) is 11.6 Å². The highest BCUT2D eigenvalue weighted by Gasteiger charge is 2.35. The van der Waals surface area contributed by atoms with Gasteiger partial charge in [-0.1, -0.05) is 89.5 Å². The molecule has 0 aliphatic carbocycles. The quantitative estimate of drug-likeness (QED) is 0.188. The average Bonchev–Trinajstić information content (AvgIpc) is 2.99. The Kier molecular flexibility index (Phi) is 11.1. The molecule has 0 saturated carbocycles. The van der Waals surface area contributed by atoms with Crippen molar-refractivity contribution in [1.29, 1.82) is 0 Å². The van der Waals surface area contributed by atoms with Crippen molar-refractivity contribution in [3.8, 4) is 0 Å². The van der Waals surface area contributed by atoms with Crippen LogP contribution in [0.5, 0.6) is 0 Å². The largest absolute Gasteiger partial charge is 0.352 e. The number of amides is 2. The van der Waals surface area contributed by atoms with Gasteiger partial charge < -0.3 is 10.2 Å². The van der Waals surface area contributed by atoms with E-state index in [1.165, 1.54) is 17.0 Å². The molecule has 1 unspecified atom stereocenters. The lowest BCUT2D eigenvalue weighted by molar-refractivity contribution is -0.140. The number of anilines is 1.